The second kappa shape index (κ2) is 9.46. The summed E-state index contributed by atoms with van der Waals surface area (Å²) >= 11 is 7.40. The van der Waals surface area contributed by atoms with Gasteiger partial charge in [0.25, 0.3) is 0 Å². The van der Waals surface area contributed by atoms with Gasteiger partial charge in [-0.05, 0) is 50.5 Å². The summed E-state index contributed by atoms with van der Waals surface area (Å²) in [6, 6.07) is 5.52. The number of halogens is 1. The van der Waals surface area contributed by atoms with Crippen molar-refractivity contribution in [2.45, 2.75) is 56.5 Å². The predicted octanol–water partition coefficient (Wildman–Crippen LogP) is 4.23. The van der Waals surface area contributed by atoms with Gasteiger partial charge in [0.15, 0.2) is 5.82 Å². The van der Waals surface area contributed by atoms with Crippen LogP contribution < -0.4 is 4.74 Å². The number of aromatic nitrogens is 3. The van der Waals surface area contributed by atoms with E-state index in [1.807, 2.05) is 36.9 Å². The van der Waals surface area contributed by atoms with Gasteiger partial charge in [0, 0.05) is 18.1 Å². The van der Waals surface area contributed by atoms with Crippen LogP contribution in [-0.4, -0.2) is 44.3 Å². The highest BCUT2D eigenvalue weighted by Crippen LogP contribution is 2.24. The Morgan fingerprint density at radius 1 is 1.33 bits per heavy atom. The molecule has 0 saturated carbocycles. The van der Waals surface area contributed by atoms with Crippen LogP contribution in [0.3, 0.4) is 0 Å². The summed E-state index contributed by atoms with van der Waals surface area (Å²) in [7, 11) is 0. The first-order valence-corrected chi connectivity index (χ1v) is 10.5. The first-order valence-electron chi connectivity index (χ1n) is 9.28. The van der Waals surface area contributed by atoms with Crippen LogP contribution in [0.15, 0.2) is 23.4 Å². The summed E-state index contributed by atoms with van der Waals surface area (Å²) in [5, 5.41) is 8.15. The van der Waals surface area contributed by atoms with Crippen molar-refractivity contribution in [1.29, 1.82) is 0 Å². The lowest BCUT2D eigenvalue weighted by Crippen LogP contribution is -2.37. The Morgan fingerprint density at radius 2 is 2.07 bits per heavy atom. The Balaban J connectivity index is 1.52. The molecule has 146 valence electrons. The van der Waals surface area contributed by atoms with Crippen LogP contribution in [0.5, 0.6) is 5.75 Å². The number of nitrogens with one attached hydrogen (secondary N) is 1. The van der Waals surface area contributed by atoms with E-state index in [0.717, 1.165) is 37.2 Å². The number of rotatable bonds is 6. The highest BCUT2D eigenvalue weighted by Gasteiger charge is 2.23. The van der Waals surface area contributed by atoms with Crippen molar-refractivity contribution in [3.63, 3.8) is 0 Å². The van der Waals surface area contributed by atoms with Gasteiger partial charge in [-0.3, -0.25) is 9.89 Å². The number of thioether (sulfide) groups is 1. The Kier molecular flexibility index (Phi) is 7.01. The normalized spacial score (nSPS) is 16.0. The van der Waals surface area contributed by atoms with Crippen molar-refractivity contribution in [2.75, 3.05) is 13.1 Å². The Morgan fingerprint density at radius 3 is 2.78 bits per heavy atom. The molecule has 2 aromatic rings. The molecule has 0 spiro atoms. The van der Waals surface area contributed by atoms with E-state index < -0.39 is 0 Å². The molecule has 2 heterocycles. The van der Waals surface area contributed by atoms with Gasteiger partial charge in [0.2, 0.25) is 11.1 Å². The topological polar surface area (TPSA) is 71.1 Å². The number of ether oxygens (including phenoxy) is 1. The fourth-order valence-corrected chi connectivity index (χ4v) is 3.96. The van der Waals surface area contributed by atoms with Crippen LogP contribution in [0.4, 0.5) is 0 Å². The SMILES string of the molecule is Cc1cc(OCc2nc(S[C@@H](C)C(=O)N3CCCCCC3)n[nH]2)ccc1Cl. The zero-order valence-electron chi connectivity index (χ0n) is 15.7. The van der Waals surface area contributed by atoms with E-state index in [-0.39, 0.29) is 17.8 Å². The maximum atomic E-state index is 12.6. The second-order valence-corrected chi connectivity index (χ2v) is 8.48. The van der Waals surface area contributed by atoms with Crippen LogP contribution >= 0.6 is 23.4 Å². The van der Waals surface area contributed by atoms with Gasteiger partial charge in [-0.1, -0.05) is 36.2 Å². The van der Waals surface area contributed by atoms with Gasteiger partial charge < -0.3 is 9.64 Å². The van der Waals surface area contributed by atoms with Gasteiger partial charge in [0.05, 0.1) is 5.25 Å². The molecule has 0 aliphatic carbocycles. The third kappa shape index (κ3) is 5.62. The Hall–Kier alpha value is -1.73. The van der Waals surface area contributed by atoms with Crippen molar-refractivity contribution in [1.82, 2.24) is 20.1 Å². The predicted molar refractivity (Wildman–Crippen MR) is 107 cm³/mol. The maximum Gasteiger partial charge on any atom is 0.235 e. The molecule has 8 heteroatoms. The fraction of sp³-hybridized carbons (Fsp3) is 0.526. The highest BCUT2D eigenvalue weighted by molar-refractivity contribution is 8.00. The van der Waals surface area contributed by atoms with Crippen LogP contribution in [0, 0.1) is 6.92 Å². The van der Waals surface area contributed by atoms with Gasteiger partial charge in [-0.25, -0.2) is 4.98 Å². The van der Waals surface area contributed by atoms with Crippen LogP contribution in [0.25, 0.3) is 0 Å². The smallest absolute Gasteiger partial charge is 0.235 e. The van der Waals surface area contributed by atoms with Crippen molar-refractivity contribution >= 4 is 29.3 Å². The van der Waals surface area contributed by atoms with E-state index in [1.54, 1.807) is 0 Å². The van der Waals surface area contributed by atoms with E-state index in [9.17, 15) is 4.79 Å². The minimum Gasteiger partial charge on any atom is -0.486 e. The number of likely N-dealkylation sites (tertiary alicyclic amines) is 1. The fourth-order valence-electron chi connectivity index (χ4n) is 3.01. The van der Waals surface area contributed by atoms with Crippen molar-refractivity contribution in [2.24, 2.45) is 0 Å². The van der Waals surface area contributed by atoms with Gasteiger partial charge in [0.1, 0.15) is 12.4 Å². The van der Waals surface area contributed by atoms with Crippen molar-refractivity contribution in [3.05, 3.63) is 34.6 Å². The molecule has 1 atom stereocenters. The molecule has 0 bridgehead atoms. The number of carbonyl (C=O) groups is 1. The van der Waals surface area contributed by atoms with Crippen LogP contribution in [0.2, 0.25) is 5.02 Å². The number of aromatic amines is 1. The van der Waals surface area contributed by atoms with E-state index in [0.29, 0.717) is 16.0 Å². The molecule has 1 aliphatic rings. The third-order valence-electron chi connectivity index (χ3n) is 4.56. The molecule has 3 rings (SSSR count). The minimum absolute atomic E-state index is 0.168. The van der Waals surface area contributed by atoms with Gasteiger partial charge in [-0.2, -0.15) is 0 Å². The molecule has 27 heavy (non-hydrogen) atoms. The zero-order chi connectivity index (χ0) is 19.2. The number of H-pyrrole nitrogens is 1. The van der Waals surface area contributed by atoms with E-state index in [2.05, 4.69) is 15.2 Å². The standard InChI is InChI=1S/C19H25ClN4O2S/c1-13-11-15(7-8-16(13)20)26-12-17-21-19(23-22-17)27-14(2)18(25)24-9-5-3-4-6-10-24/h7-8,11,14H,3-6,9-10,12H2,1-2H3,(H,21,22,23)/t14-/m0/s1. The summed E-state index contributed by atoms with van der Waals surface area (Å²) in [6.45, 7) is 5.85. The van der Waals surface area contributed by atoms with Gasteiger partial charge in [-0.15, -0.1) is 5.10 Å². The molecule has 1 N–H and O–H groups in total. The molecule has 0 unspecified atom stereocenters. The summed E-state index contributed by atoms with van der Waals surface area (Å²) in [5.74, 6) is 1.52. The Labute approximate surface area is 169 Å². The lowest BCUT2D eigenvalue weighted by molar-refractivity contribution is -0.130. The number of benzene rings is 1. The zero-order valence-corrected chi connectivity index (χ0v) is 17.3. The summed E-state index contributed by atoms with van der Waals surface area (Å²) in [4.78, 5) is 19.0. The monoisotopic (exact) mass is 408 g/mol. The van der Waals surface area contributed by atoms with Crippen molar-refractivity contribution in [3.8, 4) is 5.75 Å². The molecule has 1 aromatic carbocycles. The second-order valence-electron chi connectivity index (χ2n) is 6.76. The molecule has 0 radical (unpaired) electrons. The van der Waals surface area contributed by atoms with Gasteiger partial charge >= 0.3 is 0 Å². The third-order valence-corrected chi connectivity index (χ3v) is 5.94. The number of aryl methyl sites for hydroxylation is 1. The van der Waals surface area contributed by atoms with Crippen LogP contribution in [-0.2, 0) is 11.4 Å². The van der Waals surface area contributed by atoms with E-state index in [4.69, 9.17) is 16.3 Å². The minimum atomic E-state index is -0.202. The average molecular weight is 409 g/mol. The first kappa shape index (κ1) is 20.0. The van der Waals surface area contributed by atoms with E-state index >= 15 is 0 Å². The molecule has 1 saturated heterocycles. The molecular weight excluding hydrogens is 384 g/mol. The lowest BCUT2D eigenvalue weighted by Gasteiger charge is -2.23. The lowest BCUT2D eigenvalue weighted by atomic mass is 10.2. The highest BCUT2D eigenvalue weighted by atomic mass is 35.5. The number of hydrogen-bond donors (Lipinski definition) is 1. The molecule has 1 amide bonds. The summed E-state index contributed by atoms with van der Waals surface area (Å²) < 4.78 is 5.73. The number of hydrogen-bond acceptors (Lipinski definition) is 5. The first-order chi connectivity index (χ1) is 13.0. The van der Waals surface area contributed by atoms with Crippen molar-refractivity contribution < 1.29 is 9.53 Å². The Bertz CT molecular complexity index is 775. The maximum absolute atomic E-state index is 12.6. The molecule has 6 nitrogen and oxygen atoms in total. The number of carbonyl (C=O) groups excluding carboxylic acids is 1. The largest absolute Gasteiger partial charge is 0.486 e. The molecule has 1 aliphatic heterocycles. The number of amides is 1. The number of nitrogens with zero attached hydrogens (tertiary/aromatic N) is 3. The van der Waals surface area contributed by atoms with E-state index in [1.165, 1.54) is 24.6 Å². The van der Waals surface area contributed by atoms with Crippen LogP contribution in [0.1, 0.15) is 44.0 Å². The summed E-state index contributed by atoms with van der Waals surface area (Å²) in [5.41, 5.74) is 0.962. The summed E-state index contributed by atoms with van der Waals surface area (Å²) in [6.07, 6.45) is 4.61. The molecular formula is C19H25ClN4O2S. The average Bonchev–Trinajstić information content (AvgIpc) is 2.92. The quantitative estimate of drug-likeness (QED) is 0.724. The molecule has 1 aromatic heterocycles. The molecule has 1 fully saturated rings.